The van der Waals surface area contributed by atoms with Crippen LogP contribution < -0.4 is 4.74 Å². The first-order valence-corrected chi connectivity index (χ1v) is 6.05. The second-order valence-corrected chi connectivity index (χ2v) is 4.43. The highest BCUT2D eigenvalue weighted by Gasteiger charge is 2.34. The van der Waals surface area contributed by atoms with Crippen molar-refractivity contribution in [3.05, 3.63) is 52.8 Å². The van der Waals surface area contributed by atoms with E-state index in [2.05, 4.69) is 4.98 Å². The predicted octanol–water partition coefficient (Wildman–Crippen LogP) is 4.38. The van der Waals surface area contributed by atoms with Crippen LogP contribution in [0.2, 0.25) is 0 Å². The Morgan fingerprint density at radius 2 is 1.81 bits per heavy atom. The molecule has 1 heterocycles. The summed E-state index contributed by atoms with van der Waals surface area (Å²) in [5, 5.41) is 9.11. The Morgan fingerprint density at radius 1 is 1.14 bits per heavy atom. The number of pyridine rings is 1. The molecule has 21 heavy (non-hydrogen) atoms. The van der Waals surface area contributed by atoms with E-state index in [1.165, 1.54) is 24.3 Å². The Bertz CT molecular complexity index is 718. The second-order valence-electron chi connectivity index (χ2n) is 4.43. The van der Waals surface area contributed by atoms with Crippen molar-refractivity contribution in [2.24, 2.45) is 0 Å². The van der Waals surface area contributed by atoms with Crippen LogP contribution in [0, 0.1) is 25.2 Å². The number of ether oxygens (including phenoxy) is 1. The summed E-state index contributed by atoms with van der Waals surface area (Å²) in [5.41, 5.74) is 0.210. The molecule has 0 spiro atoms. The Morgan fingerprint density at radius 3 is 2.43 bits per heavy atom. The van der Waals surface area contributed by atoms with Crippen molar-refractivity contribution in [3.63, 3.8) is 0 Å². The molecule has 0 aliphatic heterocycles. The molecule has 3 nitrogen and oxygen atoms in total. The maximum Gasteiger partial charge on any atom is 0.419 e. The van der Waals surface area contributed by atoms with E-state index >= 15 is 0 Å². The van der Waals surface area contributed by atoms with Crippen LogP contribution in [0.25, 0.3) is 0 Å². The number of alkyl halides is 3. The molecule has 2 rings (SSSR count). The van der Waals surface area contributed by atoms with E-state index in [1.807, 2.05) is 6.07 Å². The van der Waals surface area contributed by atoms with Gasteiger partial charge in [0.15, 0.2) is 0 Å². The molecule has 2 aromatic rings. The van der Waals surface area contributed by atoms with Crippen LogP contribution in [0.15, 0.2) is 30.3 Å². The van der Waals surface area contributed by atoms with Gasteiger partial charge in [0.2, 0.25) is 0 Å². The average Bonchev–Trinajstić information content (AvgIpc) is 2.37. The van der Waals surface area contributed by atoms with E-state index in [0.29, 0.717) is 11.4 Å². The molecular formula is C15H11F3N2O. The number of hydrogen-bond donors (Lipinski definition) is 0. The molecule has 0 amide bonds. The van der Waals surface area contributed by atoms with Gasteiger partial charge < -0.3 is 4.74 Å². The van der Waals surface area contributed by atoms with Crippen molar-refractivity contribution >= 4 is 0 Å². The number of nitrogens with zero attached hydrogens (tertiary/aromatic N) is 2. The number of benzene rings is 1. The molecule has 0 bridgehead atoms. The van der Waals surface area contributed by atoms with Crippen molar-refractivity contribution < 1.29 is 17.9 Å². The molecule has 0 N–H and O–H groups in total. The van der Waals surface area contributed by atoms with Crippen LogP contribution in [0.5, 0.6) is 11.5 Å². The van der Waals surface area contributed by atoms with Crippen molar-refractivity contribution in [1.82, 2.24) is 4.98 Å². The first-order chi connectivity index (χ1) is 9.82. The molecule has 0 aliphatic rings. The zero-order valence-corrected chi connectivity index (χ0v) is 11.3. The third-order valence-electron chi connectivity index (χ3n) is 2.82. The van der Waals surface area contributed by atoms with Crippen LogP contribution in [0.3, 0.4) is 0 Å². The number of halogens is 3. The smallest absolute Gasteiger partial charge is 0.419 e. The van der Waals surface area contributed by atoms with Crippen molar-refractivity contribution in [2.75, 3.05) is 0 Å². The van der Waals surface area contributed by atoms with E-state index in [4.69, 9.17) is 10.00 Å². The highest BCUT2D eigenvalue weighted by atomic mass is 19.4. The third-order valence-corrected chi connectivity index (χ3v) is 2.82. The van der Waals surface area contributed by atoms with Crippen molar-refractivity contribution in [1.29, 1.82) is 5.26 Å². The Balaban J connectivity index is 2.52. The summed E-state index contributed by atoms with van der Waals surface area (Å²) in [4.78, 5) is 4.09. The summed E-state index contributed by atoms with van der Waals surface area (Å²) in [6, 6.07) is 8.22. The number of aryl methyl sites for hydroxylation is 2. The van der Waals surface area contributed by atoms with E-state index in [1.54, 1.807) is 13.8 Å². The maximum absolute atomic E-state index is 12.9. The Hall–Kier alpha value is -2.55. The molecule has 108 valence electrons. The third kappa shape index (κ3) is 3.14. The van der Waals surface area contributed by atoms with Gasteiger partial charge in [0.05, 0.1) is 11.3 Å². The largest absolute Gasteiger partial charge is 0.455 e. The van der Waals surface area contributed by atoms with Crippen LogP contribution in [0.1, 0.15) is 22.5 Å². The molecule has 0 saturated carbocycles. The summed E-state index contributed by atoms with van der Waals surface area (Å²) >= 11 is 0. The van der Waals surface area contributed by atoms with Crippen LogP contribution in [-0.4, -0.2) is 4.98 Å². The van der Waals surface area contributed by atoms with E-state index < -0.39 is 11.7 Å². The van der Waals surface area contributed by atoms with Gasteiger partial charge in [-0.15, -0.1) is 0 Å². The lowest BCUT2D eigenvalue weighted by Crippen LogP contribution is -2.07. The lowest BCUT2D eigenvalue weighted by molar-refractivity contribution is -0.138. The minimum absolute atomic E-state index is 0.0687. The van der Waals surface area contributed by atoms with Gasteiger partial charge in [-0.05, 0) is 26.0 Å². The van der Waals surface area contributed by atoms with E-state index in [-0.39, 0.29) is 17.1 Å². The highest BCUT2D eigenvalue weighted by molar-refractivity contribution is 5.49. The lowest BCUT2D eigenvalue weighted by Gasteiger charge is -2.15. The Labute approximate surface area is 119 Å². The van der Waals surface area contributed by atoms with Crippen molar-refractivity contribution in [2.45, 2.75) is 20.0 Å². The quantitative estimate of drug-likeness (QED) is 0.825. The standard InChI is InChI=1S/C15H11F3N2O/c1-9-7-14(11(8-19)10(2)20-9)21-13-6-4-3-5-12(13)15(16,17)18/h3-7H,1-2H3. The van der Waals surface area contributed by atoms with Crippen molar-refractivity contribution in [3.8, 4) is 17.6 Å². The molecule has 0 radical (unpaired) electrons. The average molecular weight is 292 g/mol. The van der Waals surface area contributed by atoms with Gasteiger partial charge in [-0.2, -0.15) is 18.4 Å². The highest BCUT2D eigenvalue weighted by Crippen LogP contribution is 2.38. The summed E-state index contributed by atoms with van der Waals surface area (Å²) in [5.74, 6) is -0.272. The lowest BCUT2D eigenvalue weighted by atomic mass is 10.1. The molecule has 0 atom stereocenters. The first-order valence-electron chi connectivity index (χ1n) is 6.05. The van der Waals surface area contributed by atoms with Gasteiger partial charge in [-0.1, -0.05) is 12.1 Å². The van der Waals surface area contributed by atoms with Crippen LogP contribution in [-0.2, 0) is 6.18 Å². The number of aromatic nitrogens is 1. The summed E-state index contributed by atoms with van der Waals surface area (Å²) in [6.07, 6.45) is -4.53. The minimum Gasteiger partial charge on any atom is -0.455 e. The SMILES string of the molecule is Cc1cc(Oc2ccccc2C(F)(F)F)c(C#N)c(C)n1. The monoisotopic (exact) mass is 292 g/mol. The van der Waals surface area contributed by atoms with Crippen LogP contribution >= 0.6 is 0 Å². The maximum atomic E-state index is 12.9. The number of nitriles is 1. The fourth-order valence-electron chi connectivity index (χ4n) is 1.92. The predicted molar refractivity (Wildman–Crippen MR) is 69.9 cm³/mol. The summed E-state index contributed by atoms with van der Waals surface area (Å²) in [6.45, 7) is 3.28. The topological polar surface area (TPSA) is 45.9 Å². The van der Waals surface area contributed by atoms with Crippen LogP contribution in [0.4, 0.5) is 13.2 Å². The first kappa shape index (κ1) is 14.9. The summed E-state index contributed by atoms with van der Waals surface area (Å²) in [7, 11) is 0. The molecule has 6 heteroatoms. The molecule has 0 fully saturated rings. The molecular weight excluding hydrogens is 281 g/mol. The zero-order chi connectivity index (χ0) is 15.6. The molecule has 0 unspecified atom stereocenters. The zero-order valence-electron chi connectivity index (χ0n) is 11.3. The fourth-order valence-corrected chi connectivity index (χ4v) is 1.92. The number of hydrogen-bond acceptors (Lipinski definition) is 3. The summed E-state index contributed by atoms with van der Waals surface area (Å²) < 4.78 is 44.1. The second kappa shape index (κ2) is 5.44. The van der Waals surface area contributed by atoms with Gasteiger partial charge in [0, 0.05) is 11.8 Å². The van der Waals surface area contributed by atoms with E-state index in [0.717, 1.165) is 6.07 Å². The van der Waals surface area contributed by atoms with Gasteiger partial charge in [0.25, 0.3) is 0 Å². The molecule has 1 aromatic carbocycles. The molecule has 0 aliphatic carbocycles. The van der Waals surface area contributed by atoms with Gasteiger partial charge in [0.1, 0.15) is 23.1 Å². The number of rotatable bonds is 2. The van der Waals surface area contributed by atoms with Gasteiger partial charge >= 0.3 is 6.18 Å². The number of para-hydroxylation sites is 1. The van der Waals surface area contributed by atoms with E-state index in [9.17, 15) is 13.2 Å². The molecule has 1 aromatic heterocycles. The fraction of sp³-hybridized carbons (Fsp3) is 0.200. The van der Waals surface area contributed by atoms with Gasteiger partial charge in [-0.25, -0.2) is 0 Å². The normalized spacial score (nSPS) is 11.0. The molecule has 0 saturated heterocycles. The Kier molecular flexibility index (Phi) is 3.85. The minimum atomic E-state index is -4.53. The van der Waals surface area contributed by atoms with Gasteiger partial charge in [-0.3, -0.25) is 4.98 Å².